The van der Waals surface area contributed by atoms with Gasteiger partial charge >= 0.3 is 6.18 Å². The number of H-pyrrole nitrogens is 1. The highest BCUT2D eigenvalue weighted by atomic mass is 32.1. The molecule has 0 radical (unpaired) electrons. The maximum absolute atomic E-state index is 13.1. The highest BCUT2D eigenvalue weighted by Crippen LogP contribution is 2.36. The average molecular weight is 420 g/mol. The van der Waals surface area contributed by atoms with Gasteiger partial charge in [-0.15, -0.1) is 11.3 Å². The monoisotopic (exact) mass is 420 g/mol. The van der Waals surface area contributed by atoms with Gasteiger partial charge in [-0.3, -0.25) is 9.48 Å². The number of benzene rings is 1. The Bertz CT molecular complexity index is 1260. The summed E-state index contributed by atoms with van der Waals surface area (Å²) >= 11 is 1.32. The van der Waals surface area contributed by atoms with E-state index in [9.17, 15) is 23.1 Å². The number of hydrogen-bond donors (Lipinski definition) is 2. The van der Waals surface area contributed by atoms with Crippen LogP contribution in [0.4, 0.5) is 13.2 Å². The van der Waals surface area contributed by atoms with Gasteiger partial charge < -0.3 is 10.1 Å². The Morgan fingerprint density at radius 1 is 1.28 bits per heavy atom. The Balaban J connectivity index is 1.85. The zero-order valence-electron chi connectivity index (χ0n) is 15.1. The molecule has 3 heterocycles. The van der Waals surface area contributed by atoms with Crippen molar-refractivity contribution < 1.29 is 18.3 Å². The number of thiophene rings is 1. The van der Waals surface area contributed by atoms with E-state index in [0.29, 0.717) is 21.3 Å². The molecule has 0 atom stereocenters. The quantitative estimate of drug-likeness (QED) is 0.527. The number of aliphatic hydroxyl groups excluding tert-OH is 1. The largest absolute Gasteiger partial charge is 0.435 e. The van der Waals surface area contributed by atoms with Gasteiger partial charge in [-0.2, -0.15) is 18.3 Å². The Morgan fingerprint density at radius 2 is 2.07 bits per heavy atom. The first kappa shape index (κ1) is 19.3. The van der Waals surface area contributed by atoms with Crippen molar-refractivity contribution in [3.05, 3.63) is 68.8 Å². The van der Waals surface area contributed by atoms with E-state index in [0.717, 1.165) is 15.8 Å². The van der Waals surface area contributed by atoms with Gasteiger partial charge in [0.2, 0.25) is 0 Å². The molecule has 4 aromatic rings. The lowest BCUT2D eigenvalue weighted by Gasteiger charge is -2.12. The number of rotatable bonds is 4. The highest BCUT2D eigenvalue weighted by molar-refractivity contribution is 7.17. The van der Waals surface area contributed by atoms with Crippen LogP contribution in [0, 0.1) is 6.92 Å². The van der Waals surface area contributed by atoms with Gasteiger partial charge in [0.05, 0.1) is 24.9 Å². The van der Waals surface area contributed by atoms with Crippen molar-refractivity contribution >= 4 is 21.6 Å². The van der Waals surface area contributed by atoms with Crippen LogP contribution in [0.1, 0.15) is 22.4 Å². The molecule has 0 aliphatic heterocycles. The molecule has 0 aliphatic carbocycles. The minimum absolute atomic E-state index is 0.0512. The second-order valence-electron chi connectivity index (χ2n) is 6.53. The Hall–Kier alpha value is -2.98. The van der Waals surface area contributed by atoms with E-state index in [1.165, 1.54) is 23.9 Å². The number of nitrogens with one attached hydrogen (secondary N) is 1. The summed E-state index contributed by atoms with van der Waals surface area (Å²) in [5.74, 6) is 0. The lowest BCUT2D eigenvalue weighted by atomic mass is 9.95. The van der Waals surface area contributed by atoms with Crippen LogP contribution in [0.2, 0.25) is 0 Å². The molecule has 10 heteroatoms. The molecular formula is C19H15F3N4O2S. The van der Waals surface area contributed by atoms with Crippen molar-refractivity contribution in [1.82, 2.24) is 19.7 Å². The Labute approximate surface area is 166 Å². The fraction of sp³-hybridized carbons (Fsp3) is 0.211. The van der Waals surface area contributed by atoms with Gasteiger partial charge in [0, 0.05) is 22.7 Å². The minimum atomic E-state index is -4.65. The topological polar surface area (TPSA) is 83.8 Å². The summed E-state index contributed by atoms with van der Waals surface area (Å²) in [5, 5.41) is 15.2. The molecule has 0 aliphatic rings. The van der Waals surface area contributed by atoms with Gasteiger partial charge in [-0.1, -0.05) is 18.2 Å². The average Bonchev–Trinajstić information content (AvgIpc) is 3.27. The maximum Gasteiger partial charge on any atom is 0.435 e. The zero-order chi connectivity index (χ0) is 20.8. The van der Waals surface area contributed by atoms with Crippen LogP contribution < -0.4 is 5.56 Å². The predicted molar refractivity (Wildman–Crippen MR) is 103 cm³/mol. The summed E-state index contributed by atoms with van der Waals surface area (Å²) in [6.07, 6.45) is -2.13. The molecule has 0 saturated carbocycles. The Morgan fingerprint density at radius 3 is 2.76 bits per heavy atom. The number of alkyl halides is 3. The molecule has 150 valence electrons. The summed E-state index contributed by atoms with van der Waals surface area (Å²) < 4.78 is 40.6. The number of halogens is 3. The van der Waals surface area contributed by atoms with Crippen LogP contribution >= 0.6 is 11.3 Å². The fourth-order valence-electron chi connectivity index (χ4n) is 3.39. The van der Waals surface area contributed by atoms with Crippen LogP contribution in [0.3, 0.4) is 0 Å². The van der Waals surface area contributed by atoms with Gasteiger partial charge in [0.15, 0.2) is 5.69 Å². The van der Waals surface area contributed by atoms with E-state index in [-0.39, 0.29) is 17.7 Å². The molecule has 0 spiro atoms. The van der Waals surface area contributed by atoms with Crippen molar-refractivity contribution in [2.45, 2.75) is 26.3 Å². The van der Waals surface area contributed by atoms with Crippen molar-refractivity contribution in [3.63, 3.8) is 0 Å². The second kappa shape index (κ2) is 7.12. The number of nitrogens with zero attached hydrogens (tertiary/aromatic N) is 3. The molecule has 3 aromatic heterocycles. The molecule has 4 rings (SSSR count). The summed E-state index contributed by atoms with van der Waals surface area (Å²) in [6.45, 7) is 1.16. The number of hydrogen-bond acceptors (Lipinski definition) is 5. The third-order valence-corrected chi connectivity index (χ3v) is 5.50. The summed E-state index contributed by atoms with van der Waals surface area (Å²) in [7, 11) is 0. The van der Waals surface area contributed by atoms with Crippen molar-refractivity contribution in [2.75, 3.05) is 0 Å². The zero-order valence-corrected chi connectivity index (χ0v) is 15.9. The van der Waals surface area contributed by atoms with Crippen LogP contribution in [0.5, 0.6) is 0 Å². The maximum atomic E-state index is 13.1. The van der Waals surface area contributed by atoms with Gasteiger partial charge in [0.1, 0.15) is 4.83 Å². The summed E-state index contributed by atoms with van der Waals surface area (Å²) in [5.41, 5.74) is 1.35. The van der Waals surface area contributed by atoms with Gasteiger partial charge in [-0.05, 0) is 23.6 Å². The molecule has 6 nitrogen and oxygen atoms in total. The lowest BCUT2D eigenvalue weighted by molar-refractivity contribution is -0.142. The van der Waals surface area contributed by atoms with Crippen LogP contribution in [-0.2, 0) is 19.3 Å². The summed E-state index contributed by atoms with van der Waals surface area (Å²) in [4.78, 5) is 19.7. The molecule has 0 bridgehead atoms. The van der Waals surface area contributed by atoms with E-state index >= 15 is 0 Å². The predicted octanol–water partition coefficient (Wildman–Crippen LogP) is 3.72. The third-order valence-electron chi connectivity index (χ3n) is 4.61. The molecule has 2 N–H and O–H groups in total. The molecule has 1 aromatic carbocycles. The number of fused-ring (bicyclic) bond motifs is 1. The number of aromatic nitrogens is 4. The molecule has 0 fully saturated rings. The fourth-order valence-corrected chi connectivity index (χ4v) is 4.29. The van der Waals surface area contributed by atoms with Gasteiger partial charge in [0.25, 0.3) is 5.56 Å². The first-order valence-electron chi connectivity index (χ1n) is 8.57. The molecule has 29 heavy (non-hydrogen) atoms. The molecule has 0 amide bonds. The first-order valence-corrected chi connectivity index (χ1v) is 9.45. The number of aryl methyl sites for hydroxylation is 1. The van der Waals surface area contributed by atoms with E-state index in [1.807, 2.05) is 18.4 Å². The first-order chi connectivity index (χ1) is 13.8. The van der Waals surface area contributed by atoms with Crippen molar-refractivity contribution in [1.29, 1.82) is 0 Å². The minimum Gasteiger partial charge on any atom is -0.392 e. The van der Waals surface area contributed by atoms with Crippen LogP contribution in [-0.4, -0.2) is 24.9 Å². The molecule has 0 unspecified atom stereocenters. The van der Waals surface area contributed by atoms with E-state index in [2.05, 4.69) is 15.1 Å². The number of aliphatic hydroxyl groups is 1. The van der Waals surface area contributed by atoms with Crippen molar-refractivity contribution in [3.8, 4) is 11.1 Å². The van der Waals surface area contributed by atoms with E-state index in [4.69, 9.17) is 0 Å². The highest BCUT2D eigenvalue weighted by Gasteiger charge is 2.37. The second-order valence-corrected chi connectivity index (χ2v) is 7.38. The number of aromatic amines is 1. The molecule has 0 saturated heterocycles. The van der Waals surface area contributed by atoms with E-state index in [1.54, 1.807) is 12.1 Å². The molecular weight excluding hydrogens is 405 g/mol. The smallest absolute Gasteiger partial charge is 0.392 e. The normalized spacial score (nSPS) is 12.0. The SMILES string of the molecule is Cc1cccc(Cn2cc(CO)c(C(F)(F)F)n2)c1-c1csc2nc[nH]c(=O)c12. The van der Waals surface area contributed by atoms with Crippen LogP contribution in [0.25, 0.3) is 21.3 Å². The van der Waals surface area contributed by atoms with Crippen molar-refractivity contribution in [2.24, 2.45) is 0 Å². The standard InChI is InChI=1S/C19H15F3N4O2S/c1-10-3-2-4-11(5-26-6-12(7-27)16(25-26)19(20,21)22)14(10)13-8-29-18-15(13)17(28)23-9-24-18/h2-4,6,8-9,27H,5,7H2,1H3,(H,23,24,28). The van der Waals surface area contributed by atoms with E-state index < -0.39 is 18.5 Å². The van der Waals surface area contributed by atoms with Crippen LogP contribution in [0.15, 0.2) is 40.9 Å². The Kier molecular flexibility index (Phi) is 4.75. The summed E-state index contributed by atoms with van der Waals surface area (Å²) in [6, 6.07) is 5.45. The third kappa shape index (κ3) is 3.45. The van der Waals surface area contributed by atoms with Gasteiger partial charge in [-0.25, -0.2) is 4.98 Å². The lowest BCUT2D eigenvalue weighted by Crippen LogP contribution is -2.11.